The molecule has 3 aromatic carbocycles. The lowest BCUT2D eigenvalue weighted by Gasteiger charge is -2.30. The van der Waals surface area contributed by atoms with E-state index >= 15 is 0 Å². The minimum absolute atomic E-state index is 0.171. The predicted molar refractivity (Wildman–Crippen MR) is 204 cm³/mol. The van der Waals surface area contributed by atoms with Gasteiger partial charge in [0.15, 0.2) is 0 Å². The molecule has 6 heterocycles. The van der Waals surface area contributed by atoms with E-state index in [2.05, 4.69) is 137 Å². The number of nitrogens with zero attached hydrogens (tertiary/aromatic N) is 6. The molecule has 0 unspecified atom stereocenters. The molecule has 6 heteroatoms. The summed E-state index contributed by atoms with van der Waals surface area (Å²) in [6.45, 7) is 10.0. The Morgan fingerprint density at radius 3 is 1.66 bits per heavy atom. The van der Waals surface area contributed by atoms with Crippen LogP contribution in [0.15, 0.2) is 133 Å². The highest BCUT2D eigenvalue weighted by Gasteiger charge is 2.27. The van der Waals surface area contributed by atoms with Gasteiger partial charge in [0.1, 0.15) is 0 Å². The molecule has 0 spiro atoms. The summed E-state index contributed by atoms with van der Waals surface area (Å²) in [5, 5.41) is 1.11. The van der Waals surface area contributed by atoms with Gasteiger partial charge in [0, 0.05) is 64.5 Å². The molecule has 244 valence electrons. The SMILES string of the molecule is CC(C)(c1ccc(-n2c3c(c4ncccc42)CCN=C3)cc1)c1ccc(C(C)(C)c2ccc(-n3c4cnccc4c4ncccc43)cc2)cc1. The van der Waals surface area contributed by atoms with Crippen molar-refractivity contribution in [2.75, 3.05) is 6.54 Å². The normalized spacial score (nSPS) is 13.4. The Morgan fingerprint density at radius 2 is 1.06 bits per heavy atom. The second-order valence-corrected chi connectivity index (χ2v) is 14.4. The summed E-state index contributed by atoms with van der Waals surface area (Å²) < 4.78 is 4.56. The Hall–Kier alpha value is -5.88. The van der Waals surface area contributed by atoms with Gasteiger partial charge >= 0.3 is 0 Å². The van der Waals surface area contributed by atoms with Gasteiger partial charge in [-0.05, 0) is 83.3 Å². The Balaban J connectivity index is 0.991. The first-order valence-electron chi connectivity index (χ1n) is 17.3. The monoisotopic (exact) mass is 650 g/mol. The molecule has 1 aliphatic heterocycles. The number of hydrogen-bond acceptors (Lipinski definition) is 4. The third kappa shape index (κ3) is 4.62. The fourth-order valence-corrected chi connectivity index (χ4v) is 7.83. The van der Waals surface area contributed by atoms with Gasteiger partial charge < -0.3 is 9.13 Å². The van der Waals surface area contributed by atoms with Crippen LogP contribution in [0.5, 0.6) is 0 Å². The summed E-state index contributed by atoms with van der Waals surface area (Å²) in [4.78, 5) is 18.4. The van der Waals surface area contributed by atoms with E-state index < -0.39 is 0 Å². The average molecular weight is 651 g/mol. The Morgan fingerprint density at radius 1 is 0.540 bits per heavy atom. The van der Waals surface area contributed by atoms with E-state index in [0.29, 0.717) is 0 Å². The number of pyridine rings is 3. The van der Waals surface area contributed by atoms with Crippen LogP contribution in [0.25, 0.3) is 44.3 Å². The minimum atomic E-state index is -0.177. The van der Waals surface area contributed by atoms with Crippen molar-refractivity contribution in [3.63, 3.8) is 0 Å². The van der Waals surface area contributed by atoms with E-state index in [0.717, 1.165) is 63.0 Å². The summed E-state index contributed by atoms with van der Waals surface area (Å²) in [6.07, 6.45) is 10.4. The Labute approximate surface area is 291 Å². The number of benzene rings is 3. The molecule has 0 saturated carbocycles. The number of hydrogen-bond donors (Lipinski definition) is 0. The van der Waals surface area contributed by atoms with Crippen molar-refractivity contribution >= 4 is 39.2 Å². The molecule has 8 aromatic rings. The van der Waals surface area contributed by atoms with E-state index in [1.165, 1.54) is 27.8 Å². The molecule has 5 aromatic heterocycles. The summed E-state index contributed by atoms with van der Waals surface area (Å²) in [7, 11) is 0. The van der Waals surface area contributed by atoms with E-state index in [9.17, 15) is 0 Å². The molecule has 0 bridgehead atoms. The Bertz CT molecular complexity index is 2510. The molecule has 6 nitrogen and oxygen atoms in total. The highest BCUT2D eigenvalue weighted by Crippen LogP contribution is 2.38. The van der Waals surface area contributed by atoms with Crippen molar-refractivity contribution in [3.05, 3.63) is 161 Å². The Kier molecular flexibility index (Phi) is 6.85. The van der Waals surface area contributed by atoms with Crippen molar-refractivity contribution in [1.29, 1.82) is 0 Å². The van der Waals surface area contributed by atoms with Crippen LogP contribution in [0.4, 0.5) is 0 Å². The lowest BCUT2D eigenvalue weighted by molar-refractivity contribution is 0.626. The van der Waals surface area contributed by atoms with Crippen LogP contribution in [0.3, 0.4) is 0 Å². The van der Waals surface area contributed by atoms with E-state index in [-0.39, 0.29) is 10.8 Å². The van der Waals surface area contributed by atoms with Gasteiger partial charge in [-0.15, -0.1) is 0 Å². The highest BCUT2D eigenvalue weighted by molar-refractivity contribution is 6.06. The fraction of sp³-hybridized carbons (Fsp3) is 0.182. The lowest BCUT2D eigenvalue weighted by Crippen LogP contribution is -2.21. The third-order valence-electron chi connectivity index (χ3n) is 10.9. The van der Waals surface area contributed by atoms with Crippen LogP contribution < -0.4 is 0 Å². The third-order valence-corrected chi connectivity index (χ3v) is 10.9. The lowest BCUT2D eigenvalue weighted by atomic mass is 9.74. The zero-order valence-corrected chi connectivity index (χ0v) is 28.8. The van der Waals surface area contributed by atoms with Crippen molar-refractivity contribution in [2.24, 2.45) is 4.99 Å². The first-order valence-corrected chi connectivity index (χ1v) is 17.3. The summed E-state index contributed by atoms with van der Waals surface area (Å²) in [5.41, 5.74) is 14.8. The predicted octanol–water partition coefficient (Wildman–Crippen LogP) is 9.54. The average Bonchev–Trinajstić information content (AvgIpc) is 3.68. The van der Waals surface area contributed by atoms with Crippen molar-refractivity contribution in [2.45, 2.75) is 44.9 Å². The van der Waals surface area contributed by atoms with Gasteiger partial charge in [-0.25, -0.2) is 0 Å². The van der Waals surface area contributed by atoms with Crippen molar-refractivity contribution < 1.29 is 0 Å². The molecule has 1 aliphatic rings. The van der Waals surface area contributed by atoms with Gasteiger partial charge in [0.25, 0.3) is 0 Å². The number of fused-ring (bicyclic) bond motifs is 6. The van der Waals surface area contributed by atoms with Crippen LogP contribution in [0.2, 0.25) is 0 Å². The number of rotatable bonds is 6. The second-order valence-electron chi connectivity index (χ2n) is 14.4. The zero-order valence-electron chi connectivity index (χ0n) is 28.8. The van der Waals surface area contributed by atoms with Crippen LogP contribution in [0, 0.1) is 0 Å². The second kappa shape index (κ2) is 11.3. The molecular formula is C44H38N6. The summed E-state index contributed by atoms with van der Waals surface area (Å²) >= 11 is 0. The summed E-state index contributed by atoms with van der Waals surface area (Å²) in [6, 6.07) is 37.5. The number of aromatic nitrogens is 5. The molecule has 50 heavy (non-hydrogen) atoms. The topological polar surface area (TPSA) is 60.9 Å². The van der Waals surface area contributed by atoms with Crippen LogP contribution in [-0.2, 0) is 17.3 Å². The van der Waals surface area contributed by atoms with E-state index in [1.54, 1.807) is 0 Å². The first kappa shape index (κ1) is 30.2. The number of aliphatic imine (C=N–C) groups is 1. The molecule has 0 N–H and O–H groups in total. The van der Waals surface area contributed by atoms with E-state index in [1.807, 2.05) is 49.2 Å². The largest absolute Gasteiger partial charge is 0.306 e. The maximum atomic E-state index is 4.73. The van der Waals surface area contributed by atoms with Crippen LogP contribution >= 0.6 is 0 Å². The van der Waals surface area contributed by atoms with Crippen LogP contribution in [0.1, 0.15) is 61.2 Å². The molecular weight excluding hydrogens is 613 g/mol. The molecule has 0 radical (unpaired) electrons. The van der Waals surface area contributed by atoms with Crippen LogP contribution in [-0.4, -0.2) is 36.8 Å². The maximum absolute atomic E-state index is 4.73. The molecule has 0 aliphatic carbocycles. The minimum Gasteiger partial charge on any atom is -0.306 e. The first-order chi connectivity index (χ1) is 24.3. The smallest absolute Gasteiger partial charge is 0.0964 e. The zero-order chi connectivity index (χ0) is 34.0. The van der Waals surface area contributed by atoms with Gasteiger partial charge in [0.05, 0.1) is 39.5 Å². The highest BCUT2D eigenvalue weighted by atomic mass is 15.0. The summed E-state index contributed by atoms with van der Waals surface area (Å²) in [5.74, 6) is 0. The van der Waals surface area contributed by atoms with E-state index in [4.69, 9.17) is 4.98 Å². The molecule has 0 atom stereocenters. The molecule has 9 rings (SSSR count). The molecule has 0 fully saturated rings. The standard InChI is InChI=1S/C44H38N6/c1-43(2,31-13-17-33(18-14-31)49-37-7-5-23-47-41(37)35-21-25-45-27-39(35)49)29-9-11-30(12-10-29)44(3,4)32-15-19-34(20-16-32)50-38-8-6-24-48-42(38)36-22-26-46-28-40(36)50/h5-21,23-25,27-28H,22,26H2,1-4H3. The van der Waals surface area contributed by atoms with Gasteiger partial charge in [-0.3, -0.25) is 19.9 Å². The van der Waals surface area contributed by atoms with Gasteiger partial charge in [0.2, 0.25) is 0 Å². The van der Waals surface area contributed by atoms with Gasteiger partial charge in [-0.2, -0.15) is 0 Å². The fourth-order valence-electron chi connectivity index (χ4n) is 7.83. The quantitative estimate of drug-likeness (QED) is 0.180. The van der Waals surface area contributed by atoms with Crippen molar-refractivity contribution in [1.82, 2.24) is 24.1 Å². The van der Waals surface area contributed by atoms with Crippen molar-refractivity contribution in [3.8, 4) is 11.4 Å². The molecule has 0 saturated heterocycles. The maximum Gasteiger partial charge on any atom is 0.0964 e. The molecule has 0 amide bonds. The van der Waals surface area contributed by atoms with Gasteiger partial charge in [-0.1, -0.05) is 76.2 Å².